The predicted octanol–water partition coefficient (Wildman–Crippen LogP) is 4.98. The normalized spacial score (nSPS) is 11.3. The largest absolute Gasteiger partial charge is 0.487 e. The summed E-state index contributed by atoms with van der Waals surface area (Å²) in [6.07, 6.45) is 1.45. The lowest BCUT2D eigenvalue weighted by Gasteiger charge is -2.11. The second kappa shape index (κ2) is 9.03. The zero-order valence-electron chi connectivity index (χ0n) is 16.4. The van der Waals surface area contributed by atoms with Crippen LogP contribution in [0, 0.1) is 6.92 Å². The lowest BCUT2D eigenvalue weighted by Crippen LogP contribution is -2.32. The van der Waals surface area contributed by atoms with Crippen LogP contribution in [0.15, 0.2) is 84.3 Å². The van der Waals surface area contributed by atoms with Crippen molar-refractivity contribution in [3.8, 4) is 5.75 Å². The highest BCUT2D eigenvalue weighted by molar-refractivity contribution is 9.11. The molecule has 1 N–H and O–H groups in total. The number of fused-ring (bicyclic) bond motifs is 1. The number of ether oxygens (including phenoxy) is 1. The summed E-state index contributed by atoms with van der Waals surface area (Å²) in [6.45, 7) is 2.46. The standard InChI is InChI=1S/C23H17Br2N3O3/c1-14-5-4-6-15(9-14)13-31-21-18(24)10-16(11-19(21)25)12-26-28-22(29)17-7-2-3-8-20(17)27-23(28)30/h2-12H,13H2,1H3,(H,27,30). The van der Waals surface area contributed by atoms with Crippen molar-refractivity contribution in [2.45, 2.75) is 13.5 Å². The first-order chi connectivity index (χ1) is 14.9. The topological polar surface area (TPSA) is 76.5 Å². The predicted molar refractivity (Wildman–Crippen MR) is 129 cm³/mol. The smallest absolute Gasteiger partial charge is 0.349 e. The first kappa shape index (κ1) is 21.3. The molecule has 0 atom stereocenters. The molecular formula is C23H17Br2N3O3. The van der Waals surface area contributed by atoms with Crippen molar-refractivity contribution in [1.29, 1.82) is 0 Å². The summed E-state index contributed by atoms with van der Waals surface area (Å²) < 4.78 is 8.21. The van der Waals surface area contributed by atoms with E-state index in [1.807, 2.05) is 25.1 Å². The van der Waals surface area contributed by atoms with Crippen molar-refractivity contribution >= 4 is 49.0 Å². The molecule has 156 valence electrons. The molecule has 6 nitrogen and oxygen atoms in total. The summed E-state index contributed by atoms with van der Waals surface area (Å²) in [7, 11) is 0. The molecule has 0 fully saturated rings. The lowest BCUT2D eigenvalue weighted by atomic mass is 10.1. The molecule has 0 unspecified atom stereocenters. The molecule has 3 aromatic carbocycles. The van der Waals surface area contributed by atoms with Gasteiger partial charge in [0.25, 0.3) is 5.56 Å². The zero-order valence-corrected chi connectivity index (χ0v) is 19.6. The van der Waals surface area contributed by atoms with E-state index in [0.29, 0.717) is 28.8 Å². The number of benzene rings is 3. The minimum absolute atomic E-state index is 0.390. The van der Waals surface area contributed by atoms with Gasteiger partial charge >= 0.3 is 5.69 Å². The second-order valence-electron chi connectivity index (χ2n) is 6.93. The minimum atomic E-state index is -0.601. The van der Waals surface area contributed by atoms with E-state index in [4.69, 9.17) is 4.74 Å². The highest BCUT2D eigenvalue weighted by Gasteiger charge is 2.10. The van der Waals surface area contributed by atoms with Crippen molar-refractivity contribution in [2.75, 3.05) is 0 Å². The van der Waals surface area contributed by atoms with Gasteiger partial charge in [-0.05, 0) is 74.2 Å². The Labute approximate surface area is 194 Å². The monoisotopic (exact) mass is 541 g/mol. The third-order valence-corrected chi connectivity index (χ3v) is 5.77. The van der Waals surface area contributed by atoms with Crippen LogP contribution in [0.1, 0.15) is 16.7 Å². The van der Waals surface area contributed by atoms with Crippen LogP contribution < -0.4 is 16.0 Å². The Bertz CT molecular complexity index is 1400. The summed E-state index contributed by atoms with van der Waals surface area (Å²) in [5.74, 6) is 0.652. The van der Waals surface area contributed by atoms with Gasteiger partial charge in [-0.2, -0.15) is 5.10 Å². The maximum Gasteiger partial charge on any atom is 0.349 e. The van der Waals surface area contributed by atoms with Crippen molar-refractivity contribution in [3.05, 3.63) is 107 Å². The highest BCUT2D eigenvalue weighted by Crippen LogP contribution is 2.35. The van der Waals surface area contributed by atoms with Crippen molar-refractivity contribution < 1.29 is 4.74 Å². The molecule has 0 saturated carbocycles. The van der Waals surface area contributed by atoms with Gasteiger partial charge in [-0.3, -0.25) is 4.79 Å². The maximum absolute atomic E-state index is 12.6. The van der Waals surface area contributed by atoms with Crippen LogP contribution in [0.2, 0.25) is 0 Å². The van der Waals surface area contributed by atoms with Crippen LogP contribution in [-0.4, -0.2) is 15.9 Å². The van der Waals surface area contributed by atoms with Crippen LogP contribution >= 0.6 is 31.9 Å². The van der Waals surface area contributed by atoms with Crippen LogP contribution in [-0.2, 0) is 6.61 Å². The van der Waals surface area contributed by atoms with Gasteiger partial charge in [0.1, 0.15) is 12.4 Å². The quantitative estimate of drug-likeness (QED) is 0.361. The van der Waals surface area contributed by atoms with Gasteiger partial charge in [0, 0.05) is 0 Å². The van der Waals surface area contributed by atoms with Gasteiger partial charge in [0.05, 0.1) is 26.1 Å². The molecule has 0 saturated heterocycles. The summed E-state index contributed by atoms with van der Waals surface area (Å²) >= 11 is 7.04. The Balaban J connectivity index is 1.60. The van der Waals surface area contributed by atoms with E-state index < -0.39 is 11.2 Å². The molecule has 0 bridgehead atoms. The summed E-state index contributed by atoms with van der Waals surface area (Å²) in [4.78, 5) is 27.5. The fraction of sp³-hybridized carbons (Fsp3) is 0.0870. The Hall–Kier alpha value is -2.97. The summed E-state index contributed by atoms with van der Waals surface area (Å²) in [5, 5.41) is 4.48. The first-order valence-electron chi connectivity index (χ1n) is 9.38. The average molecular weight is 543 g/mol. The van der Waals surface area contributed by atoms with E-state index in [9.17, 15) is 9.59 Å². The molecule has 0 aliphatic rings. The van der Waals surface area contributed by atoms with Crippen LogP contribution in [0.4, 0.5) is 0 Å². The minimum Gasteiger partial charge on any atom is -0.487 e. The van der Waals surface area contributed by atoms with Gasteiger partial charge in [-0.1, -0.05) is 42.0 Å². The number of aryl methyl sites for hydroxylation is 1. The number of aromatic amines is 1. The Morgan fingerprint density at radius 1 is 1.03 bits per heavy atom. The number of H-pyrrole nitrogens is 1. The van der Waals surface area contributed by atoms with E-state index in [1.54, 1.807) is 36.4 Å². The number of halogens is 2. The van der Waals surface area contributed by atoms with Crippen molar-refractivity contribution in [2.24, 2.45) is 5.10 Å². The molecule has 0 aliphatic heterocycles. The number of nitrogens with one attached hydrogen (secondary N) is 1. The van der Waals surface area contributed by atoms with E-state index in [-0.39, 0.29) is 0 Å². The van der Waals surface area contributed by atoms with E-state index in [0.717, 1.165) is 19.2 Å². The average Bonchev–Trinajstić information content (AvgIpc) is 2.73. The molecule has 31 heavy (non-hydrogen) atoms. The molecule has 4 aromatic rings. The molecule has 4 rings (SSSR count). The number of hydrogen-bond donors (Lipinski definition) is 1. The number of para-hydroxylation sites is 1. The molecule has 0 amide bonds. The van der Waals surface area contributed by atoms with Gasteiger partial charge in [0.15, 0.2) is 0 Å². The van der Waals surface area contributed by atoms with E-state index in [2.05, 4.69) is 48.0 Å². The SMILES string of the molecule is Cc1cccc(COc2c(Br)cc(C=Nn3c(=O)[nH]c4ccccc4c3=O)cc2Br)c1. The fourth-order valence-electron chi connectivity index (χ4n) is 3.13. The molecule has 1 heterocycles. The van der Waals surface area contributed by atoms with Gasteiger partial charge in [0.2, 0.25) is 0 Å². The van der Waals surface area contributed by atoms with Crippen molar-refractivity contribution in [3.63, 3.8) is 0 Å². The Morgan fingerprint density at radius 2 is 1.77 bits per heavy atom. The molecule has 0 spiro atoms. The van der Waals surface area contributed by atoms with Crippen LogP contribution in [0.3, 0.4) is 0 Å². The first-order valence-corrected chi connectivity index (χ1v) is 11.0. The maximum atomic E-state index is 12.6. The molecular weight excluding hydrogens is 526 g/mol. The third kappa shape index (κ3) is 4.70. The molecule has 0 aliphatic carbocycles. The van der Waals surface area contributed by atoms with E-state index >= 15 is 0 Å². The second-order valence-corrected chi connectivity index (χ2v) is 8.64. The fourth-order valence-corrected chi connectivity index (χ4v) is 4.58. The summed E-state index contributed by atoms with van der Waals surface area (Å²) in [6, 6.07) is 18.5. The van der Waals surface area contributed by atoms with Gasteiger partial charge in [-0.25, -0.2) is 4.79 Å². The van der Waals surface area contributed by atoms with Gasteiger partial charge in [-0.15, -0.1) is 4.68 Å². The Kier molecular flexibility index (Phi) is 6.20. The lowest BCUT2D eigenvalue weighted by molar-refractivity contribution is 0.302. The third-order valence-electron chi connectivity index (χ3n) is 4.59. The number of hydrogen-bond acceptors (Lipinski definition) is 4. The Morgan fingerprint density at radius 3 is 2.52 bits per heavy atom. The zero-order chi connectivity index (χ0) is 22.0. The van der Waals surface area contributed by atoms with Crippen LogP contribution in [0.25, 0.3) is 10.9 Å². The highest BCUT2D eigenvalue weighted by atomic mass is 79.9. The number of aromatic nitrogens is 2. The van der Waals surface area contributed by atoms with Crippen molar-refractivity contribution in [1.82, 2.24) is 9.66 Å². The van der Waals surface area contributed by atoms with Crippen LogP contribution in [0.5, 0.6) is 5.75 Å². The van der Waals surface area contributed by atoms with Gasteiger partial charge < -0.3 is 9.72 Å². The molecule has 0 radical (unpaired) electrons. The van der Waals surface area contributed by atoms with E-state index in [1.165, 1.54) is 11.8 Å². The summed E-state index contributed by atoms with van der Waals surface area (Å²) in [5.41, 5.74) is 2.32. The number of rotatable bonds is 5. The molecule has 1 aromatic heterocycles. The molecule has 8 heteroatoms. The number of nitrogens with zero attached hydrogens (tertiary/aromatic N) is 2.